The Morgan fingerprint density at radius 2 is 1.87 bits per heavy atom. The summed E-state index contributed by atoms with van der Waals surface area (Å²) in [6, 6.07) is 7.76. The van der Waals surface area contributed by atoms with Gasteiger partial charge in [-0.25, -0.2) is 0 Å². The molecule has 0 amide bonds. The molecule has 0 radical (unpaired) electrons. The van der Waals surface area contributed by atoms with Gasteiger partial charge in [-0.05, 0) is 24.0 Å². The average molecular weight is 204 g/mol. The molecule has 3 heteroatoms. The Morgan fingerprint density at radius 1 is 1.33 bits per heavy atom. The van der Waals surface area contributed by atoms with Crippen molar-refractivity contribution in [2.24, 2.45) is 5.41 Å². The number of rotatable bonds is 3. The summed E-state index contributed by atoms with van der Waals surface area (Å²) in [6.45, 7) is 0. The van der Waals surface area contributed by atoms with E-state index in [2.05, 4.69) is 0 Å². The molecule has 1 aromatic carbocycles. The Morgan fingerprint density at radius 3 is 2.27 bits per heavy atom. The van der Waals surface area contributed by atoms with Crippen molar-refractivity contribution in [3.05, 3.63) is 35.4 Å². The number of aldehydes is 1. The van der Waals surface area contributed by atoms with Crippen LogP contribution in [0.4, 0.5) is 0 Å². The highest BCUT2D eigenvalue weighted by molar-refractivity contribution is 5.76. The number of aliphatic carboxylic acids is 1. The minimum Gasteiger partial charge on any atom is -0.481 e. The van der Waals surface area contributed by atoms with Gasteiger partial charge in [-0.1, -0.05) is 24.3 Å². The lowest BCUT2D eigenvalue weighted by Crippen LogP contribution is -2.26. The molecule has 0 heterocycles. The fraction of sp³-hybridized carbons (Fsp3) is 0.333. The van der Waals surface area contributed by atoms with E-state index in [-0.39, 0.29) is 6.42 Å². The van der Waals surface area contributed by atoms with Gasteiger partial charge in [0.1, 0.15) is 6.29 Å². The molecule has 0 unspecified atom stereocenters. The molecule has 78 valence electrons. The Kier molecular flexibility index (Phi) is 2.31. The van der Waals surface area contributed by atoms with Gasteiger partial charge in [0.25, 0.3) is 0 Å². The minimum absolute atomic E-state index is 0.0782. The molecular weight excluding hydrogens is 192 g/mol. The van der Waals surface area contributed by atoms with E-state index in [0.717, 1.165) is 17.4 Å². The Bertz CT molecular complexity index is 384. The van der Waals surface area contributed by atoms with Gasteiger partial charge in [-0.2, -0.15) is 0 Å². The van der Waals surface area contributed by atoms with Crippen LogP contribution < -0.4 is 0 Å². The predicted molar refractivity (Wildman–Crippen MR) is 54.6 cm³/mol. The largest absolute Gasteiger partial charge is 0.481 e. The molecule has 0 fully saturated rings. The van der Waals surface area contributed by atoms with Crippen LogP contribution in [0.5, 0.6) is 0 Å². The molecule has 1 aliphatic rings. The SMILES string of the molecule is O=CC1(CC(=O)O)Cc2ccccc2C1. The minimum atomic E-state index is -0.907. The first-order valence-corrected chi connectivity index (χ1v) is 4.90. The van der Waals surface area contributed by atoms with Gasteiger partial charge < -0.3 is 9.90 Å². The van der Waals surface area contributed by atoms with Gasteiger partial charge in [0.2, 0.25) is 0 Å². The summed E-state index contributed by atoms with van der Waals surface area (Å²) >= 11 is 0. The van der Waals surface area contributed by atoms with Crippen LogP contribution >= 0.6 is 0 Å². The second-order valence-corrected chi connectivity index (χ2v) is 4.17. The van der Waals surface area contributed by atoms with E-state index in [0.29, 0.717) is 12.8 Å². The summed E-state index contributed by atoms with van der Waals surface area (Å²) in [7, 11) is 0. The van der Waals surface area contributed by atoms with Crippen molar-refractivity contribution >= 4 is 12.3 Å². The summed E-state index contributed by atoms with van der Waals surface area (Å²) in [6.07, 6.45) is 1.84. The number of carbonyl (C=O) groups is 2. The molecular formula is C12H12O3. The number of carboxylic acids is 1. The van der Waals surface area contributed by atoms with E-state index in [9.17, 15) is 9.59 Å². The second-order valence-electron chi connectivity index (χ2n) is 4.17. The topological polar surface area (TPSA) is 54.4 Å². The zero-order valence-corrected chi connectivity index (χ0v) is 8.27. The molecule has 0 aromatic heterocycles. The van der Waals surface area contributed by atoms with Crippen LogP contribution in [0.15, 0.2) is 24.3 Å². The normalized spacial score (nSPS) is 17.1. The van der Waals surface area contributed by atoms with Crippen LogP contribution in [0.2, 0.25) is 0 Å². The highest BCUT2D eigenvalue weighted by Crippen LogP contribution is 2.37. The molecule has 1 aromatic rings. The Hall–Kier alpha value is -1.64. The maximum atomic E-state index is 11.1. The third-order valence-electron chi connectivity index (χ3n) is 2.96. The predicted octanol–water partition coefficient (Wildman–Crippen LogP) is 1.45. The molecule has 0 saturated heterocycles. The van der Waals surface area contributed by atoms with Crippen molar-refractivity contribution in [2.75, 3.05) is 0 Å². The highest BCUT2D eigenvalue weighted by Gasteiger charge is 2.38. The maximum absolute atomic E-state index is 11.1. The fourth-order valence-corrected chi connectivity index (χ4v) is 2.27. The third kappa shape index (κ3) is 1.77. The zero-order valence-electron chi connectivity index (χ0n) is 8.27. The smallest absolute Gasteiger partial charge is 0.304 e. The number of carbonyl (C=O) groups excluding carboxylic acids is 1. The van der Waals surface area contributed by atoms with Crippen LogP contribution in [-0.2, 0) is 22.4 Å². The molecule has 0 aliphatic heterocycles. The molecule has 0 saturated carbocycles. The Balaban J connectivity index is 2.29. The number of fused-ring (bicyclic) bond motifs is 1. The molecule has 1 aliphatic carbocycles. The van der Waals surface area contributed by atoms with Crippen LogP contribution in [-0.4, -0.2) is 17.4 Å². The van der Waals surface area contributed by atoms with E-state index < -0.39 is 11.4 Å². The highest BCUT2D eigenvalue weighted by atomic mass is 16.4. The fourth-order valence-electron chi connectivity index (χ4n) is 2.27. The van der Waals surface area contributed by atoms with Crippen LogP contribution in [0.1, 0.15) is 17.5 Å². The van der Waals surface area contributed by atoms with Crippen LogP contribution in [0.3, 0.4) is 0 Å². The number of benzene rings is 1. The summed E-state index contributed by atoms with van der Waals surface area (Å²) in [4.78, 5) is 21.8. The molecule has 0 spiro atoms. The van der Waals surface area contributed by atoms with Crippen LogP contribution in [0.25, 0.3) is 0 Å². The summed E-state index contributed by atoms with van der Waals surface area (Å²) in [5.74, 6) is -0.907. The zero-order chi connectivity index (χ0) is 10.9. The first kappa shape index (κ1) is 9.90. The maximum Gasteiger partial charge on any atom is 0.304 e. The molecule has 3 nitrogen and oxygen atoms in total. The van der Waals surface area contributed by atoms with Gasteiger partial charge in [-0.3, -0.25) is 4.79 Å². The van der Waals surface area contributed by atoms with Gasteiger partial charge in [-0.15, -0.1) is 0 Å². The lowest BCUT2D eigenvalue weighted by Gasteiger charge is -2.18. The number of hydrogen-bond donors (Lipinski definition) is 1. The van der Waals surface area contributed by atoms with Gasteiger partial charge in [0.05, 0.1) is 6.42 Å². The monoisotopic (exact) mass is 204 g/mol. The molecule has 0 bridgehead atoms. The van der Waals surface area contributed by atoms with Crippen molar-refractivity contribution in [3.8, 4) is 0 Å². The van der Waals surface area contributed by atoms with Crippen molar-refractivity contribution in [2.45, 2.75) is 19.3 Å². The lowest BCUT2D eigenvalue weighted by molar-refractivity contribution is -0.141. The number of hydrogen-bond acceptors (Lipinski definition) is 2. The molecule has 15 heavy (non-hydrogen) atoms. The van der Waals surface area contributed by atoms with Gasteiger partial charge in [0, 0.05) is 5.41 Å². The lowest BCUT2D eigenvalue weighted by atomic mass is 9.83. The van der Waals surface area contributed by atoms with Crippen LogP contribution in [0, 0.1) is 5.41 Å². The molecule has 0 atom stereocenters. The van der Waals surface area contributed by atoms with E-state index >= 15 is 0 Å². The quantitative estimate of drug-likeness (QED) is 0.758. The Labute approximate surface area is 87.7 Å². The van der Waals surface area contributed by atoms with Crippen molar-refractivity contribution in [1.82, 2.24) is 0 Å². The standard InChI is InChI=1S/C12H12O3/c13-8-12(7-11(14)15)5-9-3-1-2-4-10(9)6-12/h1-4,8H,5-7H2,(H,14,15). The molecule has 2 rings (SSSR count). The van der Waals surface area contributed by atoms with Crippen molar-refractivity contribution in [3.63, 3.8) is 0 Å². The first-order chi connectivity index (χ1) is 7.15. The average Bonchev–Trinajstić information content (AvgIpc) is 2.55. The van der Waals surface area contributed by atoms with E-state index in [1.54, 1.807) is 0 Å². The van der Waals surface area contributed by atoms with E-state index in [4.69, 9.17) is 5.11 Å². The third-order valence-corrected chi connectivity index (χ3v) is 2.96. The van der Waals surface area contributed by atoms with E-state index in [1.807, 2.05) is 24.3 Å². The first-order valence-electron chi connectivity index (χ1n) is 4.90. The summed E-state index contributed by atoms with van der Waals surface area (Å²) in [5.41, 5.74) is 1.49. The number of carboxylic acid groups (broad SMARTS) is 1. The van der Waals surface area contributed by atoms with Gasteiger partial charge in [0.15, 0.2) is 0 Å². The summed E-state index contributed by atoms with van der Waals surface area (Å²) in [5, 5.41) is 8.79. The second kappa shape index (κ2) is 3.50. The summed E-state index contributed by atoms with van der Waals surface area (Å²) < 4.78 is 0. The molecule has 1 N–H and O–H groups in total. The van der Waals surface area contributed by atoms with E-state index in [1.165, 1.54) is 0 Å². The van der Waals surface area contributed by atoms with Gasteiger partial charge >= 0.3 is 5.97 Å². The van der Waals surface area contributed by atoms with Crippen molar-refractivity contribution < 1.29 is 14.7 Å². The van der Waals surface area contributed by atoms with Crippen molar-refractivity contribution in [1.29, 1.82) is 0 Å².